The smallest absolute Gasteiger partial charge is 0.308 e. The fourth-order valence-electron chi connectivity index (χ4n) is 1.81. The third-order valence-corrected chi connectivity index (χ3v) is 5.04. The van der Waals surface area contributed by atoms with Crippen molar-refractivity contribution < 1.29 is 18.4 Å². The van der Waals surface area contributed by atoms with Crippen LogP contribution in [0, 0.1) is 0 Å². The van der Waals surface area contributed by atoms with Crippen molar-refractivity contribution in [1.82, 2.24) is 0 Å². The number of carbonyl (C=O) groups excluding carboxylic acids is 1. The average molecular weight is 246 g/mol. The van der Waals surface area contributed by atoms with E-state index in [-0.39, 0.29) is 5.78 Å². The van der Waals surface area contributed by atoms with Crippen LogP contribution in [0.25, 0.3) is 0 Å². The van der Waals surface area contributed by atoms with Gasteiger partial charge >= 0.3 is 7.60 Å². The quantitative estimate of drug-likeness (QED) is 0.700. The molecule has 16 heavy (non-hydrogen) atoms. The Balaban J connectivity index is 2.88. The molecule has 0 N–H and O–H groups in total. The highest BCUT2D eigenvalue weighted by Gasteiger charge is 2.40. The minimum absolute atomic E-state index is 0.131. The molecule has 1 atom stereocenters. The van der Waals surface area contributed by atoms with Gasteiger partial charge in [0, 0.05) is 0 Å². The molecule has 0 saturated carbocycles. The second-order valence-corrected chi connectivity index (χ2v) is 6.04. The summed E-state index contributed by atoms with van der Waals surface area (Å²) in [6.07, 6.45) is 2.89. The van der Waals surface area contributed by atoms with Gasteiger partial charge in [-0.25, -0.2) is 0 Å². The predicted molar refractivity (Wildman–Crippen MR) is 62.6 cm³/mol. The predicted octanol–water partition coefficient (Wildman–Crippen LogP) is 2.93. The zero-order valence-electron chi connectivity index (χ0n) is 10.1. The summed E-state index contributed by atoms with van der Waals surface area (Å²) in [5.41, 5.74) is 0.414. The van der Waals surface area contributed by atoms with Crippen molar-refractivity contribution >= 4 is 13.4 Å². The van der Waals surface area contributed by atoms with Crippen molar-refractivity contribution in [2.75, 3.05) is 13.2 Å². The minimum atomic E-state index is -3.27. The third-order valence-electron chi connectivity index (χ3n) is 2.53. The van der Waals surface area contributed by atoms with Crippen LogP contribution in [0.2, 0.25) is 0 Å². The standard InChI is InChI=1S/C11H19O4P/c1-4-14-16(13,15-5-2)11-7-6-9(3)8-10(11)12/h8,11H,4-7H2,1-3H3/t11-/m1/s1. The molecule has 0 radical (unpaired) electrons. The third kappa shape index (κ3) is 3.03. The number of hydrogen-bond donors (Lipinski definition) is 0. The zero-order valence-corrected chi connectivity index (χ0v) is 11.0. The van der Waals surface area contributed by atoms with Gasteiger partial charge < -0.3 is 9.05 Å². The van der Waals surface area contributed by atoms with E-state index >= 15 is 0 Å². The van der Waals surface area contributed by atoms with E-state index in [1.54, 1.807) is 19.9 Å². The lowest BCUT2D eigenvalue weighted by atomic mass is 10.00. The summed E-state index contributed by atoms with van der Waals surface area (Å²) in [6, 6.07) is 0. The Labute approximate surface area is 96.5 Å². The van der Waals surface area contributed by atoms with E-state index in [0.717, 1.165) is 12.0 Å². The van der Waals surface area contributed by atoms with Crippen molar-refractivity contribution in [3.8, 4) is 0 Å². The van der Waals surface area contributed by atoms with Crippen molar-refractivity contribution in [1.29, 1.82) is 0 Å². The number of rotatable bonds is 5. The summed E-state index contributed by atoms with van der Waals surface area (Å²) in [5, 5.41) is 0. The molecule has 0 unspecified atom stereocenters. The molecule has 0 aromatic carbocycles. The highest BCUT2D eigenvalue weighted by Crippen LogP contribution is 2.55. The first-order chi connectivity index (χ1) is 7.53. The molecule has 0 aromatic heterocycles. The Bertz CT molecular complexity index is 325. The van der Waals surface area contributed by atoms with Crippen LogP contribution in [0.4, 0.5) is 0 Å². The lowest BCUT2D eigenvalue weighted by Gasteiger charge is -2.26. The topological polar surface area (TPSA) is 52.6 Å². The van der Waals surface area contributed by atoms with E-state index in [1.165, 1.54) is 0 Å². The Kier molecular flexibility index (Phi) is 4.90. The molecule has 0 bridgehead atoms. The van der Waals surface area contributed by atoms with Crippen LogP contribution in [0.1, 0.15) is 33.6 Å². The number of hydrogen-bond acceptors (Lipinski definition) is 4. The minimum Gasteiger partial charge on any atom is -0.308 e. The van der Waals surface area contributed by atoms with Crippen molar-refractivity contribution in [2.45, 2.75) is 39.3 Å². The molecule has 1 aliphatic rings. The number of ketones is 1. The zero-order chi connectivity index (χ0) is 12.2. The fourth-order valence-corrected chi connectivity index (χ4v) is 3.79. The van der Waals surface area contributed by atoms with E-state index in [0.29, 0.717) is 19.6 Å². The van der Waals surface area contributed by atoms with Crippen LogP contribution in [-0.4, -0.2) is 24.7 Å². The Morgan fingerprint density at radius 1 is 1.38 bits per heavy atom. The summed E-state index contributed by atoms with van der Waals surface area (Å²) in [6.45, 7) is 5.99. The monoisotopic (exact) mass is 246 g/mol. The Morgan fingerprint density at radius 2 is 1.94 bits per heavy atom. The summed E-state index contributed by atoms with van der Waals surface area (Å²) in [4.78, 5) is 11.8. The molecule has 0 spiro atoms. The maximum absolute atomic E-state index is 12.4. The van der Waals surface area contributed by atoms with E-state index in [9.17, 15) is 9.36 Å². The van der Waals surface area contributed by atoms with E-state index < -0.39 is 13.3 Å². The highest BCUT2D eigenvalue weighted by molar-refractivity contribution is 7.55. The molecule has 5 heteroatoms. The summed E-state index contributed by atoms with van der Waals surface area (Å²) in [7, 11) is -3.27. The molecule has 0 heterocycles. The van der Waals surface area contributed by atoms with Gasteiger partial charge in [0.2, 0.25) is 0 Å². The molecule has 0 fully saturated rings. The number of carbonyl (C=O) groups is 1. The lowest BCUT2D eigenvalue weighted by Crippen LogP contribution is -2.25. The van der Waals surface area contributed by atoms with Gasteiger partial charge in [-0.3, -0.25) is 9.36 Å². The van der Waals surface area contributed by atoms with Gasteiger partial charge in [0.1, 0.15) is 5.66 Å². The van der Waals surface area contributed by atoms with Gasteiger partial charge in [-0.15, -0.1) is 0 Å². The molecular formula is C11H19O4P. The molecule has 92 valence electrons. The first-order valence-corrected chi connectivity index (χ1v) is 7.24. The van der Waals surface area contributed by atoms with Crippen LogP contribution in [0.3, 0.4) is 0 Å². The summed E-state index contributed by atoms with van der Waals surface area (Å²) in [5.74, 6) is -0.131. The second kappa shape index (κ2) is 5.76. The SMILES string of the molecule is CCOP(=O)(OCC)[C@@H]1CCC(C)=CC1=O. The molecule has 1 rings (SSSR count). The van der Waals surface area contributed by atoms with Crippen LogP contribution in [0.15, 0.2) is 11.6 Å². The molecule has 0 aliphatic heterocycles. The molecule has 1 aliphatic carbocycles. The lowest BCUT2D eigenvalue weighted by molar-refractivity contribution is -0.115. The van der Waals surface area contributed by atoms with Gasteiger partial charge in [-0.1, -0.05) is 5.57 Å². The average Bonchev–Trinajstić information content (AvgIpc) is 2.17. The first kappa shape index (κ1) is 13.6. The van der Waals surface area contributed by atoms with Crippen LogP contribution in [-0.2, 0) is 18.4 Å². The maximum Gasteiger partial charge on any atom is 0.341 e. The summed E-state index contributed by atoms with van der Waals surface area (Å²) < 4.78 is 22.8. The van der Waals surface area contributed by atoms with Gasteiger partial charge in [0.05, 0.1) is 13.2 Å². The van der Waals surface area contributed by atoms with Gasteiger partial charge in [-0.05, 0) is 39.7 Å². The van der Waals surface area contributed by atoms with Crippen LogP contribution < -0.4 is 0 Å². The van der Waals surface area contributed by atoms with Gasteiger partial charge in [0.15, 0.2) is 5.78 Å². The Hall–Kier alpha value is -0.440. The van der Waals surface area contributed by atoms with E-state index in [4.69, 9.17) is 9.05 Å². The van der Waals surface area contributed by atoms with Crippen molar-refractivity contribution in [2.24, 2.45) is 0 Å². The molecular weight excluding hydrogens is 227 g/mol. The van der Waals surface area contributed by atoms with Crippen LogP contribution in [0.5, 0.6) is 0 Å². The normalized spacial score (nSPS) is 22.1. The number of allylic oxidation sites excluding steroid dienone is 2. The largest absolute Gasteiger partial charge is 0.341 e. The molecule has 0 amide bonds. The molecule has 0 saturated heterocycles. The van der Waals surface area contributed by atoms with Crippen molar-refractivity contribution in [3.63, 3.8) is 0 Å². The van der Waals surface area contributed by atoms with Crippen LogP contribution >= 0.6 is 7.60 Å². The van der Waals surface area contributed by atoms with Crippen molar-refractivity contribution in [3.05, 3.63) is 11.6 Å². The fraction of sp³-hybridized carbons (Fsp3) is 0.727. The summed E-state index contributed by atoms with van der Waals surface area (Å²) >= 11 is 0. The van der Waals surface area contributed by atoms with Gasteiger partial charge in [0.25, 0.3) is 0 Å². The maximum atomic E-state index is 12.4. The highest BCUT2D eigenvalue weighted by atomic mass is 31.2. The first-order valence-electron chi connectivity index (χ1n) is 5.63. The molecule has 0 aromatic rings. The Morgan fingerprint density at radius 3 is 2.38 bits per heavy atom. The molecule has 4 nitrogen and oxygen atoms in total. The second-order valence-electron chi connectivity index (χ2n) is 3.82. The van der Waals surface area contributed by atoms with Gasteiger partial charge in [-0.2, -0.15) is 0 Å². The van der Waals surface area contributed by atoms with E-state index in [1.807, 2.05) is 6.92 Å². The van der Waals surface area contributed by atoms with E-state index in [2.05, 4.69) is 0 Å².